The van der Waals surface area contributed by atoms with Crippen LogP contribution in [0.15, 0.2) is 119 Å². The number of aromatic nitrogens is 2. The number of rotatable bonds is 9. The van der Waals surface area contributed by atoms with Crippen LogP contribution in [0.4, 0.5) is 5.13 Å². The number of carbonyl (C=O) groups excluding carboxylic acids is 2. The Morgan fingerprint density at radius 3 is 2.30 bits per heavy atom. The number of amides is 1. The van der Waals surface area contributed by atoms with Crippen LogP contribution >= 0.6 is 23.1 Å². The summed E-state index contributed by atoms with van der Waals surface area (Å²) >= 11 is 2.75. The second-order valence-corrected chi connectivity index (χ2v) is 12.2. The molecule has 1 unspecified atom stereocenters. The standard InChI is InChI=1S/C34H27N3O4S2/c1-22-9-8-12-24(19-22)20-41-27-17-15-26(16-18-27)30(38)28-29(25-13-6-3-7-14-25)37(32(40)31(28)39)33-35-36-34(43-33)42-21-23-10-4-2-5-11-23/h2-19,29,38H,20-21H2,1H3. The molecule has 0 spiro atoms. The van der Waals surface area contributed by atoms with Gasteiger partial charge in [-0.05, 0) is 47.9 Å². The van der Waals surface area contributed by atoms with Crippen LogP contribution in [0.1, 0.15) is 33.9 Å². The highest BCUT2D eigenvalue weighted by Crippen LogP contribution is 2.44. The predicted octanol–water partition coefficient (Wildman–Crippen LogP) is 7.34. The molecule has 6 rings (SSSR count). The van der Waals surface area contributed by atoms with Gasteiger partial charge < -0.3 is 9.84 Å². The highest BCUT2D eigenvalue weighted by Gasteiger charge is 2.48. The van der Waals surface area contributed by atoms with Crippen LogP contribution in [0.3, 0.4) is 0 Å². The summed E-state index contributed by atoms with van der Waals surface area (Å²) in [7, 11) is 0. The highest BCUT2D eigenvalue weighted by atomic mass is 32.2. The lowest BCUT2D eigenvalue weighted by Crippen LogP contribution is -2.29. The molecule has 1 saturated heterocycles. The predicted molar refractivity (Wildman–Crippen MR) is 169 cm³/mol. The van der Waals surface area contributed by atoms with Gasteiger partial charge in [-0.1, -0.05) is 114 Å². The van der Waals surface area contributed by atoms with E-state index in [9.17, 15) is 14.7 Å². The van der Waals surface area contributed by atoms with Crippen molar-refractivity contribution in [2.75, 3.05) is 4.90 Å². The third-order valence-electron chi connectivity index (χ3n) is 6.98. The lowest BCUT2D eigenvalue weighted by molar-refractivity contribution is -0.132. The van der Waals surface area contributed by atoms with E-state index >= 15 is 0 Å². The van der Waals surface area contributed by atoms with E-state index in [2.05, 4.69) is 16.3 Å². The van der Waals surface area contributed by atoms with E-state index in [0.717, 1.165) is 16.7 Å². The normalized spacial score (nSPS) is 16.0. The van der Waals surface area contributed by atoms with Crippen molar-refractivity contribution < 1.29 is 19.4 Å². The number of ether oxygens (including phenoxy) is 1. The number of aliphatic hydroxyl groups is 1. The molecular formula is C34H27N3O4S2. The minimum absolute atomic E-state index is 0.00156. The molecule has 43 heavy (non-hydrogen) atoms. The molecule has 0 saturated carbocycles. The Hall–Kier alpha value is -4.73. The Morgan fingerprint density at radius 2 is 1.58 bits per heavy atom. The number of anilines is 1. The Morgan fingerprint density at radius 1 is 0.884 bits per heavy atom. The molecule has 2 heterocycles. The van der Waals surface area contributed by atoms with Crippen LogP contribution < -0.4 is 9.64 Å². The Kier molecular flexibility index (Phi) is 8.35. The van der Waals surface area contributed by atoms with Gasteiger partial charge in [-0.15, -0.1) is 10.2 Å². The lowest BCUT2D eigenvalue weighted by atomic mass is 9.95. The first-order chi connectivity index (χ1) is 21.0. The van der Waals surface area contributed by atoms with Crippen molar-refractivity contribution in [3.8, 4) is 5.75 Å². The van der Waals surface area contributed by atoms with Crippen molar-refractivity contribution in [1.29, 1.82) is 0 Å². The number of Topliss-reactive ketones (excluding diaryl/α,β-unsaturated/α-hetero) is 1. The maximum Gasteiger partial charge on any atom is 0.301 e. The van der Waals surface area contributed by atoms with E-state index in [0.29, 0.717) is 38.7 Å². The van der Waals surface area contributed by atoms with Crippen molar-refractivity contribution in [3.05, 3.63) is 143 Å². The quantitative estimate of drug-likeness (QED) is 0.0618. The molecule has 1 atom stereocenters. The summed E-state index contributed by atoms with van der Waals surface area (Å²) in [5.74, 6) is -0.485. The average molecular weight is 606 g/mol. The summed E-state index contributed by atoms with van der Waals surface area (Å²) < 4.78 is 6.59. The summed E-state index contributed by atoms with van der Waals surface area (Å²) in [6, 6.07) is 33.2. The minimum Gasteiger partial charge on any atom is -0.507 e. The third-order valence-corrected chi connectivity index (χ3v) is 9.11. The van der Waals surface area contributed by atoms with Gasteiger partial charge in [0.1, 0.15) is 18.1 Å². The monoisotopic (exact) mass is 605 g/mol. The van der Waals surface area contributed by atoms with Gasteiger partial charge >= 0.3 is 5.91 Å². The summed E-state index contributed by atoms with van der Waals surface area (Å²) in [5.41, 5.74) is 4.42. The van der Waals surface area contributed by atoms with Crippen LogP contribution in [-0.4, -0.2) is 27.0 Å². The van der Waals surface area contributed by atoms with Gasteiger partial charge in [0.15, 0.2) is 4.34 Å². The summed E-state index contributed by atoms with van der Waals surface area (Å²) in [4.78, 5) is 28.3. The van der Waals surface area contributed by atoms with Gasteiger partial charge in [0, 0.05) is 11.3 Å². The van der Waals surface area contributed by atoms with E-state index in [1.807, 2.05) is 85.8 Å². The molecule has 0 radical (unpaired) electrons. The fraction of sp³-hybridized carbons (Fsp3) is 0.118. The van der Waals surface area contributed by atoms with Crippen molar-refractivity contribution >= 4 is 45.7 Å². The smallest absolute Gasteiger partial charge is 0.301 e. The van der Waals surface area contributed by atoms with Gasteiger partial charge in [-0.3, -0.25) is 14.5 Å². The largest absolute Gasteiger partial charge is 0.507 e. The van der Waals surface area contributed by atoms with Crippen LogP contribution in [0, 0.1) is 6.92 Å². The third kappa shape index (κ3) is 6.23. The zero-order chi connectivity index (χ0) is 29.8. The van der Waals surface area contributed by atoms with Crippen LogP contribution in [0.25, 0.3) is 5.76 Å². The van der Waals surface area contributed by atoms with Crippen molar-refractivity contribution in [2.24, 2.45) is 0 Å². The molecule has 0 aliphatic carbocycles. The molecule has 5 aromatic rings. The number of benzene rings is 4. The van der Waals surface area contributed by atoms with Gasteiger partial charge in [0.25, 0.3) is 5.78 Å². The second kappa shape index (κ2) is 12.6. The highest BCUT2D eigenvalue weighted by molar-refractivity contribution is 8.00. The van der Waals surface area contributed by atoms with E-state index in [1.54, 1.807) is 24.3 Å². The number of hydrogen-bond acceptors (Lipinski definition) is 8. The maximum atomic E-state index is 13.5. The summed E-state index contributed by atoms with van der Waals surface area (Å²) in [6.07, 6.45) is 0. The van der Waals surface area contributed by atoms with E-state index in [4.69, 9.17) is 4.74 Å². The maximum absolute atomic E-state index is 13.5. The fourth-order valence-corrected chi connectivity index (χ4v) is 6.71. The first-order valence-corrected chi connectivity index (χ1v) is 15.4. The summed E-state index contributed by atoms with van der Waals surface area (Å²) in [6.45, 7) is 2.43. The molecule has 4 aromatic carbocycles. The molecule has 214 valence electrons. The first-order valence-electron chi connectivity index (χ1n) is 13.6. The first kappa shape index (κ1) is 28.4. The summed E-state index contributed by atoms with van der Waals surface area (Å²) in [5, 5.41) is 20.3. The molecule has 1 amide bonds. The molecule has 1 N–H and O–H groups in total. The zero-order valence-corrected chi connectivity index (χ0v) is 24.8. The van der Waals surface area contributed by atoms with Gasteiger partial charge in [-0.25, -0.2) is 0 Å². The van der Waals surface area contributed by atoms with E-state index in [-0.39, 0.29) is 11.3 Å². The second-order valence-electron chi connectivity index (χ2n) is 10.0. The van der Waals surface area contributed by atoms with Crippen LogP contribution in [-0.2, 0) is 21.9 Å². The van der Waals surface area contributed by atoms with Gasteiger partial charge in [-0.2, -0.15) is 0 Å². The Bertz CT molecular complexity index is 1790. The molecule has 0 bridgehead atoms. The average Bonchev–Trinajstić information content (AvgIpc) is 3.61. The molecule has 9 heteroatoms. The Labute approximate surface area is 257 Å². The number of ketones is 1. The SMILES string of the molecule is Cc1cccc(COc2ccc(C(O)=C3C(=O)C(=O)N(c4nnc(SCc5ccccc5)s4)C3c3ccccc3)cc2)c1. The number of nitrogens with zero attached hydrogens (tertiary/aromatic N) is 3. The van der Waals surface area contributed by atoms with Gasteiger partial charge in [0.2, 0.25) is 5.13 Å². The van der Waals surface area contributed by atoms with E-state index in [1.165, 1.54) is 28.0 Å². The van der Waals surface area contributed by atoms with E-state index < -0.39 is 17.7 Å². The van der Waals surface area contributed by atoms with Gasteiger partial charge in [0.05, 0.1) is 11.6 Å². The van der Waals surface area contributed by atoms with Crippen LogP contribution in [0.5, 0.6) is 5.75 Å². The molecule has 1 aliphatic heterocycles. The fourth-order valence-electron chi connectivity index (χ4n) is 4.89. The number of aryl methyl sites for hydroxylation is 1. The molecule has 1 fully saturated rings. The van der Waals surface area contributed by atoms with Crippen molar-refractivity contribution in [2.45, 2.75) is 29.7 Å². The molecule has 1 aliphatic rings. The van der Waals surface area contributed by atoms with Crippen LogP contribution in [0.2, 0.25) is 0 Å². The number of hydrogen-bond donors (Lipinski definition) is 1. The lowest BCUT2D eigenvalue weighted by Gasteiger charge is -2.22. The Balaban J connectivity index is 1.28. The zero-order valence-electron chi connectivity index (χ0n) is 23.2. The number of aliphatic hydroxyl groups excluding tert-OH is 1. The molecule has 1 aromatic heterocycles. The minimum atomic E-state index is -0.863. The topological polar surface area (TPSA) is 92.6 Å². The molecular weight excluding hydrogens is 579 g/mol. The number of thioether (sulfide) groups is 1. The van der Waals surface area contributed by atoms with Crippen molar-refractivity contribution in [3.63, 3.8) is 0 Å². The molecule has 7 nitrogen and oxygen atoms in total. The van der Waals surface area contributed by atoms with Crippen molar-refractivity contribution in [1.82, 2.24) is 10.2 Å². The number of carbonyl (C=O) groups is 2.